The number of carbonyl (C=O) groups excluding carboxylic acids is 1. The maximum Gasteiger partial charge on any atom is 0.225 e. The van der Waals surface area contributed by atoms with Gasteiger partial charge in [-0.1, -0.05) is 61.5 Å². The van der Waals surface area contributed by atoms with Gasteiger partial charge in [0.2, 0.25) is 5.91 Å². The predicted molar refractivity (Wildman–Crippen MR) is 113 cm³/mol. The van der Waals surface area contributed by atoms with Gasteiger partial charge in [0, 0.05) is 19.1 Å². The smallest absolute Gasteiger partial charge is 0.225 e. The lowest BCUT2D eigenvalue weighted by Crippen LogP contribution is -2.35. The molecule has 2 aromatic rings. The highest BCUT2D eigenvalue weighted by Gasteiger charge is 2.21. The van der Waals surface area contributed by atoms with Crippen molar-refractivity contribution < 1.29 is 4.79 Å². The van der Waals surface area contributed by atoms with Crippen molar-refractivity contribution in [2.24, 2.45) is 11.7 Å². The van der Waals surface area contributed by atoms with Crippen LogP contribution in [0.2, 0.25) is 0 Å². The first-order valence-electron chi connectivity index (χ1n) is 8.28. The zero-order chi connectivity index (χ0) is 17.5. The third-order valence-electron chi connectivity index (χ3n) is 4.19. The molecule has 144 valence electrons. The predicted octanol–water partition coefficient (Wildman–Crippen LogP) is 3.54. The van der Waals surface area contributed by atoms with E-state index in [4.69, 9.17) is 5.73 Å². The minimum atomic E-state index is -0.303. The third kappa shape index (κ3) is 6.96. The lowest BCUT2D eigenvalue weighted by Gasteiger charge is -2.20. The molecular weight excluding hydrogens is 369 g/mol. The Morgan fingerprint density at radius 2 is 1.54 bits per heavy atom. The monoisotopic (exact) mass is 397 g/mol. The molecule has 0 saturated carbocycles. The molecule has 0 heterocycles. The van der Waals surface area contributed by atoms with E-state index in [2.05, 4.69) is 22.3 Å². The summed E-state index contributed by atoms with van der Waals surface area (Å²) in [6.45, 7) is 3.25. The zero-order valence-electron chi connectivity index (χ0n) is 15.5. The molecule has 6 heteroatoms. The maximum atomic E-state index is 12.5. The first kappa shape index (κ1) is 24.4. The number of amides is 1. The second kappa shape index (κ2) is 11.9. The molecule has 2 atom stereocenters. The van der Waals surface area contributed by atoms with Gasteiger partial charge in [-0.25, -0.2) is 0 Å². The third-order valence-corrected chi connectivity index (χ3v) is 4.19. The summed E-state index contributed by atoms with van der Waals surface area (Å²) in [6, 6.07) is 17.6. The van der Waals surface area contributed by atoms with Crippen LogP contribution in [-0.4, -0.2) is 24.9 Å². The molecule has 0 spiro atoms. The van der Waals surface area contributed by atoms with Crippen molar-refractivity contribution in [1.29, 1.82) is 0 Å². The molecule has 1 amide bonds. The van der Waals surface area contributed by atoms with Crippen LogP contribution in [0.15, 0.2) is 54.6 Å². The van der Waals surface area contributed by atoms with E-state index in [1.807, 2.05) is 63.5 Å². The minimum absolute atomic E-state index is 0. The number of nitrogens with one attached hydrogen (secondary N) is 1. The van der Waals surface area contributed by atoms with E-state index >= 15 is 0 Å². The van der Waals surface area contributed by atoms with Crippen molar-refractivity contribution >= 4 is 30.7 Å². The molecule has 2 aromatic carbocycles. The van der Waals surface area contributed by atoms with Gasteiger partial charge in [-0.05, 0) is 30.8 Å². The number of carbonyl (C=O) groups is 1. The summed E-state index contributed by atoms with van der Waals surface area (Å²) in [6.07, 6.45) is 0. The first-order valence-corrected chi connectivity index (χ1v) is 8.28. The molecule has 0 radical (unpaired) electrons. The standard InChI is InChI=1S/C20H27N3O.2ClH/c1-15(19(21)16-9-5-4-6-10-16)20(24)22-13-17-11-7-8-12-18(17)14-23(2)3;;/h4-12,15,19H,13-14,21H2,1-3H3,(H,22,24);2*1H. The Bertz CT molecular complexity index is 665. The Balaban J connectivity index is 0.00000312. The van der Waals surface area contributed by atoms with Crippen molar-refractivity contribution in [3.8, 4) is 0 Å². The Hall–Kier alpha value is -1.59. The van der Waals surface area contributed by atoms with Crippen molar-refractivity contribution in [1.82, 2.24) is 10.2 Å². The van der Waals surface area contributed by atoms with Crippen LogP contribution in [0.3, 0.4) is 0 Å². The van der Waals surface area contributed by atoms with Crippen LogP contribution in [0.4, 0.5) is 0 Å². The molecule has 4 nitrogen and oxygen atoms in total. The lowest BCUT2D eigenvalue weighted by molar-refractivity contribution is -0.125. The molecule has 0 aliphatic heterocycles. The quantitative estimate of drug-likeness (QED) is 0.750. The van der Waals surface area contributed by atoms with Crippen molar-refractivity contribution in [3.63, 3.8) is 0 Å². The van der Waals surface area contributed by atoms with Crippen molar-refractivity contribution in [3.05, 3.63) is 71.3 Å². The van der Waals surface area contributed by atoms with Gasteiger partial charge < -0.3 is 16.0 Å². The molecule has 26 heavy (non-hydrogen) atoms. The van der Waals surface area contributed by atoms with E-state index in [1.54, 1.807) is 0 Å². The highest BCUT2D eigenvalue weighted by molar-refractivity contribution is 5.85. The fourth-order valence-electron chi connectivity index (χ4n) is 2.70. The van der Waals surface area contributed by atoms with Gasteiger partial charge in [-0.3, -0.25) is 4.79 Å². The van der Waals surface area contributed by atoms with Crippen LogP contribution in [0, 0.1) is 5.92 Å². The molecule has 0 fully saturated rings. The van der Waals surface area contributed by atoms with Crippen LogP contribution in [0.5, 0.6) is 0 Å². The van der Waals surface area contributed by atoms with E-state index in [0.29, 0.717) is 6.54 Å². The van der Waals surface area contributed by atoms with E-state index in [1.165, 1.54) is 5.56 Å². The van der Waals surface area contributed by atoms with Gasteiger partial charge in [0.1, 0.15) is 0 Å². The molecule has 2 rings (SSSR count). The van der Waals surface area contributed by atoms with Crippen LogP contribution in [0.1, 0.15) is 29.7 Å². The van der Waals surface area contributed by atoms with E-state index in [9.17, 15) is 4.79 Å². The Morgan fingerprint density at radius 3 is 2.12 bits per heavy atom. The average molecular weight is 398 g/mol. The summed E-state index contributed by atoms with van der Waals surface area (Å²) in [7, 11) is 4.08. The number of halogens is 2. The molecule has 0 bridgehead atoms. The number of hydrogen-bond acceptors (Lipinski definition) is 3. The second-order valence-electron chi connectivity index (χ2n) is 6.45. The first-order chi connectivity index (χ1) is 11.5. The van der Waals surface area contributed by atoms with Gasteiger partial charge in [0.25, 0.3) is 0 Å². The summed E-state index contributed by atoms with van der Waals surface area (Å²) in [4.78, 5) is 14.6. The topological polar surface area (TPSA) is 58.4 Å². The number of benzene rings is 2. The largest absolute Gasteiger partial charge is 0.352 e. The Kier molecular flexibility index (Phi) is 11.2. The van der Waals surface area contributed by atoms with E-state index in [0.717, 1.165) is 17.7 Å². The lowest BCUT2D eigenvalue weighted by atomic mass is 9.94. The highest BCUT2D eigenvalue weighted by Crippen LogP contribution is 2.19. The van der Waals surface area contributed by atoms with Gasteiger partial charge in [0.05, 0.1) is 5.92 Å². The average Bonchev–Trinajstić information content (AvgIpc) is 2.59. The number of rotatable bonds is 7. The number of nitrogens with two attached hydrogens (primary N) is 1. The summed E-state index contributed by atoms with van der Waals surface area (Å²) < 4.78 is 0. The molecule has 0 aliphatic rings. The van der Waals surface area contributed by atoms with Crippen molar-refractivity contribution in [2.75, 3.05) is 14.1 Å². The van der Waals surface area contributed by atoms with Gasteiger partial charge in [0.15, 0.2) is 0 Å². The van der Waals surface area contributed by atoms with Gasteiger partial charge >= 0.3 is 0 Å². The summed E-state index contributed by atoms with van der Waals surface area (Å²) in [5.41, 5.74) is 9.58. The molecule has 3 N–H and O–H groups in total. The van der Waals surface area contributed by atoms with Crippen molar-refractivity contribution in [2.45, 2.75) is 26.1 Å². The highest BCUT2D eigenvalue weighted by atomic mass is 35.5. The number of hydrogen-bond donors (Lipinski definition) is 2. The fourth-order valence-corrected chi connectivity index (χ4v) is 2.70. The number of nitrogens with zero attached hydrogens (tertiary/aromatic N) is 1. The molecule has 0 saturated heterocycles. The Labute approximate surface area is 169 Å². The summed E-state index contributed by atoms with van der Waals surface area (Å²) in [5, 5.41) is 3.03. The fraction of sp³-hybridized carbons (Fsp3) is 0.350. The summed E-state index contributed by atoms with van der Waals surface area (Å²) >= 11 is 0. The Morgan fingerprint density at radius 1 is 1.00 bits per heavy atom. The van der Waals surface area contributed by atoms with Crippen LogP contribution < -0.4 is 11.1 Å². The molecular formula is C20H29Cl2N3O. The SMILES string of the molecule is CC(C(=O)NCc1ccccc1CN(C)C)C(N)c1ccccc1.Cl.Cl. The molecule has 0 aliphatic carbocycles. The van der Waals surface area contributed by atoms with Crippen LogP contribution >= 0.6 is 24.8 Å². The van der Waals surface area contributed by atoms with E-state index in [-0.39, 0.29) is 42.7 Å². The van der Waals surface area contributed by atoms with Gasteiger partial charge in [-0.2, -0.15) is 0 Å². The zero-order valence-corrected chi connectivity index (χ0v) is 17.1. The van der Waals surface area contributed by atoms with Gasteiger partial charge in [-0.15, -0.1) is 24.8 Å². The van der Waals surface area contributed by atoms with Crippen LogP contribution in [0.25, 0.3) is 0 Å². The summed E-state index contributed by atoms with van der Waals surface area (Å²) in [5.74, 6) is -0.306. The molecule has 2 unspecified atom stereocenters. The van der Waals surface area contributed by atoms with Crippen LogP contribution in [-0.2, 0) is 17.9 Å². The second-order valence-corrected chi connectivity index (χ2v) is 6.45. The molecule has 0 aromatic heterocycles. The normalized spacial score (nSPS) is 12.5. The minimum Gasteiger partial charge on any atom is -0.352 e. The maximum absolute atomic E-state index is 12.5. The van der Waals surface area contributed by atoms with E-state index < -0.39 is 0 Å².